The average Bonchev–Trinajstić information content (AvgIpc) is 2.00. The standard InChI is InChI=1S/C9H20N2O/c1-4-8(2)7-11(3)6-5-9(10)12/h8H,4-7H2,1-3H3,(H2,10,12). The molecule has 0 saturated carbocycles. The molecule has 0 aliphatic heterocycles. The number of rotatable bonds is 6. The van der Waals surface area contributed by atoms with Crippen LogP contribution in [-0.4, -0.2) is 30.9 Å². The second kappa shape index (κ2) is 6.00. The highest BCUT2D eigenvalue weighted by atomic mass is 16.1. The van der Waals surface area contributed by atoms with E-state index < -0.39 is 0 Å². The highest BCUT2D eigenvalue weighted by molar-refractivity contribution is 5.73. The second-order valence-electron chi connectivity index (χ2n) is 3.49. The van der Waals surface area contributed by atoms with Gasteiger partial charge in [0, 0.05) is 19.5 Å². The Morgan fingerprint density at radius 1 is 1.58 bits per heavy atom. The van der Waals surface area contributed by atoms with Gasteiger partial charge in [0.2, 0.25) is 5.91 Å². The van der Waals surface area contributed by atoms with Crippen LogP contribution in [0.3, 0.4) is 0 Å². The van der Waals surface area contributed by atoms with E-state index >= 15 is 0 Å². The lowest BCUT2D eigenvalue weighted by atomic mass is 10.1. The molecule has 0 bridgehead atoms. The van der Waals surface area contributed by atoms with Gasteiger partial charge in [-0.15, -0.1) is 0 Å². The second-order valence-corrected chi connectivity index (χ2v) is 3.49. The Hall–Kier alpha value is -0.570. The van der Waals surface area contributed by atoms with E-state index in [1.165, 1.54) is 6.42 Å². The van der Waals surface area contributed by atoms with E-state index in [2.05, 4.69) is 18.7 Å². The van der Waals surface area contributed by atoms with Gasteiger partial charge in [-0.05, 0) is 13.0 Å². The summed E-state index contributed by atoms with van der Waals surface area (Å²) in [5.74, 6) is 0.480. The lowest BCUT2D eigenvalue weighted by Gasteiger charge is -2.19. The summed E-state index contributed by atoms with van der Waals surface area (Å²) in [6.45, 7) is 6.21. The fraction of sp³-hybridized carbons (Fsp3) is 0.889. The molecule has 1 amide bonds. The van der Waals surface area contributed by atoms with Gasteiger partial charge in [-0.1, -0.05) is 20.3 Å². The third kappa shape index (κ3) is 6.16. The normalized spacial score (nSPS) is 13.3. The topological polar surface area (TPSA) is 46.3 Å². The van der Waals surface area contributed by atoms with Crippen molar-refractivity contribution in [1.82, 2.24) is 4.90 Å². The van der Waals surface area contributed by atoms with Crippen LogP contribution < -0.4 is 5.73 Å². The predicted octanol–water partition coefficient (Wildman–Crippen LogP) is 0.840. The summed E-state index contributed by atoms with van der Waals surface area (Å²) in [6.07, 6.45) is 1.65. The van der Waals surface area contributed by atoms with Gasteiger partial charge < -0.3 is 10.6 Å². The molecular weight excluding hydrogens is 152 g/mol. The van der Waals surface area contributed by atoms with Gasteiger partial charge in [0.15, 0.2) is 0 Å². The lowest BCUT2D eigenvalue weighted by molar-refractivity contribution is -0.118. The van der Waals surface area contributed by atoms with E-state index in [4.69, 9.17) is 5.73 Å². The van der Waals surface area contributed by atoms with E-state index in [0.717, 1.165) is 13.1 Å². The molecule has 0 aromatic carbocycles. The number of carbonyl (C=O) groups is 1. The zero-order valence-corrected chi connectivity index (χ0v) is 8.34. The predicted molar refractivity (Wildman–Crippen MR) is 50.8 cm³/mol. The Balaban J connectivity index is 3.45. The summed E-state index contributed by atoms with van der Waals surface area (Å²) in [5.41, 5.74) is 5.04. The van der Waals surface area contributed by atoms with Crippen LogP contribution in [0, 0.1) is 5.92 Å². The van der Waals surface area contributed by atoms with Crippen molar-refractivity contribution >= 4 is 5.91 Å². The molecule has 3 nitrogen and oxygen atoms in total. The van der Waals surface area contributed by atoms with Crippen molar-refractivity contribution in [2.45, 2.75) is 26.7 Å². The minimum absolute atomic E-state index is 0.217. The van der Waals surface area contributed by atoms with Crippen LogP contribution in [0.25, 0.3) is 0 Å². The first-order valence-corrected chi connectivity index (χ1v) is 4.53. The van der Waals surface area contributed by atoms with Gasteiger partial charge in [-0.2, -0.15) is 0 Å². The maximum Gasteiger partial charge on any atom is 0.218 e. The van der Waals surface area contributed by atoms with Crippen LogP contribution >= 0.6 is 0 Å². The number of nitrogens with two attached hydrogens (primary N) is 1. The lowest BCUT2D eigenvalue weighted by Crippen LogP contribution is -2.28. The van der Waals surface area contributed by atoms with Crippen molar-refractivity contribution in [2.75, 3.05) is 20.1 Å². The number of amides is 1. The molecule has 12 heavy (non-hydrogen) atoms. The molecule has 0 radical (unpaired) electrons. The maximum absolute atomic E-state index is 10.5. The quantitative estimate of drug-likeness (QED) is 0.645. The van der Waals surface area contributed by atoms with Gasteiger partial charge in [0.05, 0.1) is 0 Å². The van der Waals surface area contributed by atoms with E-state index in [0.29, 0.717) is 12.3 Å². The highest BCUT2D eigenvalue weighted by Gasteiger charge is 2.04. The molecule has 0 aliphatic rings. The minimum Gasteiger partial charge on any atom is -0.370 e. The van der Waals surface area contributed by atoms with Crippen LogP contribution in [0.1, 0.15) is 26.7 Å². The van der Waals surface area contributed by atoms with Crippen LogP contribution in [0.15, 0.2) is 0 Å². The van der Waals surface area contributed by atoms with Gasteiger partial charge in [0.25, 0.3) is 0 Å². The SMILES string of the molecule is CCC(C)CN(C)CCC(N)=O. The van der Waals surface area contributed by atoms with Crippen molar-refractivity contribution in [3.8, 4) is 0 Å². The third-order valence-corrected chi connectivity index (χ3v) is 2.06. The summed E-state index contributed by atoms with van der Waals surface area (Å²) >= 11 is 0. The zero-order valence-electron chi connectivity index (χ0n) is 8.34. The number of primary amides is 1. The van der Waals surface area contributed by atoms with Crippen molar-refractivity contribution in [3.05, 3.63) is 0 Å². The molecule has 0 aromatic heterocycles. The average molecular weight is 172 g/mol. The van der Waals surface area contributed by atoms with E-state index in [1.54, 1.807) is 0 Å². The fourth-order valence-electron chi connectivity index (χ4n) is 1.05. The van der Waals surface area contributed by atoms with Crippen LogP contribution in [0.5, 0.6) is 0 Å². The molecule has 3 heteroatoms. The number of hydrogen-bond donors (Lipinski definition) is 1. The van der Waals surface area contributed by atoms with Gasteiger partial charge in [-0.3, -0.25) is 4.79 Å². The smallest absolute Gasteiger partial charge is 0.218 e. The first-order valence-electron chi connectivity index (χ1n) is 4.53. The number of nitrogens with zero attached hydrogens (tertiary/aromatic N) is 1. The summed E-state index contributed by atoms with van der Waals surface area (Å²) < 4.78 is 0. The minimum atomic E-state index is -0.217. The van der Waals surface area contributed by atoms with E-state index in [-0.39, 0.29) is 5.91 Å². The Kier molecular flexibility index (Phi) is 5.72. The third-order valence-electron chi connectivity index (χ3n) is 2.06. The molecule has 0 fully saturated rings. The van der Waals surface area contributed by atoms with Gasteiger partial charge >= 0.3 is 0 Å². The molecule has 0 heterocycles. The molecule has 0 saturated heterocycles. The molecule has 1 atom stereocenters. The highest BCUT2D eigenvalue weighted by Crippen LogP contribution is 2.02. The Labute approximate surface area is 74.9 Å². The van der Waals surface area contributed by atoms with Gasteiger partial charge in [0.1, 0.15) is 0 Å². The number of hydrogen-bond acceptors (Lipinski definition) is 2. The maximum atomic E-state index is 10.5. The molecule has 2 N–H and O–H groups in total. The molecular formula is C9H20N2O. The van der Waals surface area contributed by atoms with E-state index in [1.807, 2.05) is 7.05 Å². The Morgan fingerprint density at radius 2 is 2.17 bits per heavy atom. The van der Waals surface area contributed by atoms with Crippen LogP contribution in [0.4, 0.5) is 0 Å². The number of carbonyl (C=O) groups excluding carboxylic acids is 1. The van der Waals surface area contributed by atoms with Crippen LogP contribution in [-0.2, 0) is 4.79 Å². The molecule has 1 unspecified atom stereocenters. The van der Waals surface area contributed by atoms with Gasteiger partial charge in [-0.25, -0.2) is 0 Å². The zero-order chi connectivity index (χ0) is 9.56. The monoisotopic (exact) mass is 172 g/mol. The van der Waals surface area contributed by atoms with Crippen molar-refractivity contribution in [1.29, 1.82) is 0 Å². The molecule has 0 rings (SSSR count). The summed E-state index contributed by atoms with van der Waals surface area (Å²) in [5, 5.41) is 0. The first-order chi connectivity index (χ1) is 5.56. The largest absolute Gasteiger partial charge is 0.370 e. The van der Waals surface area contributed by atoms with Crippen molar-refractivity contribution in [2.24, 2.45) is 11.7 Å². The first kappa shape index (κ1) is 11.4. The molecule has 0 aromatic rings. The van der Waals surface area contributed by atoms with Crippen molar-refractivity contribution < 1.29 is 4.79 Å². The van der Waals surface area contributed by atoms with Crippen LogP contribution in [0.2, 0.25) is 0 Å². The fourth-order valence-corrected chi connectivity index (χ4v) is 1.05. The van der Waals surface area contributed by atoms with E-state index in [9.17, 15) is 4.79 Å². The molecule has 0 spiro atoms. The molecule has 72 valence electrons. The summed E-state index contributed by atoms with van der Waals surface area (Å²) in [6, 6.07) is 0. The van der Waals surface area contributed by atoms with Crippen molar-refractivity contribution in [3.63, 3.8) is 0 Å². The Morgan fingerprint density at radius 3 is 2.58 bits per heavy atom. The summed E-state index contributed by atoms with van der Waals surface area (Å²) in [7, 11) is 2.02. The summed E-state index contributed by atoms with van der Waals surface area (Å²) in [4.78, 5) is 12.6. The molecule has 0 aliphatic carbocycles. The Bertz CT molecular complexity index is 136.